The number of carbonyl (C=O) groups is 1. The molecule has 6 heteroatoms. The zero-order chi connectivity index (χ0) is 14.7. The molecule has 1 amide bonds. The Hall–Kier alpha value is -1.92. The summed E-state index contributed by atoms with van der Waals surface area (Å²) in [5, 5.41) is 9.95. The quantitative estimate of drug-likeness (QED) is 0.845. The number of rotatable bonds is 4. The van der Waals surface area contributed by atoms with E-state index in [0.717, 1.165) is 42.8 Å². The van der Waals surface area contributed by atoms with E-state index in [-0.39, 0.29) is 12.5 Å². The fourth-order valence-electron chi connectivity index (χ4n) is 2.80. The summed E-state index contributed by atoms with van der Waals surface area (Å²) in [6.07, 6.45) is 4.02. The highest BCUT2D eigenvalue weighted by atomic mass is 16.3. The molecule has 3 heterocycles. The van der Waals surface area contributed by atoms with Gasteiger partial charge in [-0.05, 0) is 17.7 Å². The lowest BCUT2D eigenvalue weighted by Crippen LogP contribution is -2.49. The molecule has 1 saturated heterocycles. The standard InChI is InChI=1S/C15H20N4O2/c20-9-8-18-4-6-19(7-5-18)14(21)10-12-11-17-15-13(12)2-1-3-16-15/h1-3,11,20H,4-10H2,(H,16,17). The Morgan fingerprint density at radius 2 is 2.14 bits per heavy atom. The molecule has 0 unspecified atom stereocenters. The minimum atomic E-state index is 0.156. The molecule has 6 nitrogen and oxygen atoms in total. The van der Waals surface area contributed by atoms with Crippen LogP contribution in [-0.4, -0.2) is 70.1 Å². The second-order valence-electron chi connectivity index (χ2n) is 5.34. The number of carbonyl (C=O) groups excluding carboxylic acids is 1. The van der Waals surface area contributed by atoms with Gasteiger partial charge >= 0.3 is 0 Å². The van der Waals surface area contributed by atoms with Crippen molar-refractivity contribution in [2.45, 2.75) is 6.42 Å². The molecule has 0 aliphatic carbocycles. The Morgan fingerprint density at radius 3 is 2.90 bits per heavy atom. The summed E-state index contributed by atoms with van der Waals surface area (Å²) in [7, 11) is 0. The van der Waals surface area contributed by atoms with Crippen LogP contribution in [0.3, 0.4) is 0 Å². The summed E-state index contributed by atoms with van der Waals surface area (Å²) in [5.41, 5.74) is 1.83. The molecule has 2 aromatic rings. The van der Waals surface area contributed by atoms with Gasteiger partial charge in [0.2, 0.25) is 5.91 Å². The minimum Gasteiger partial charge on any atom is -0.395 e. The number of fused-ring (bicyclic) bond motifs is 1. The van der Waals surface area contributed by atoms with Crippen LogP contribution in [0.25, 0.3) is 11.0 Å². The normalized spacial score (nSPS) is 16.5. The van der Waals surface area contributed by atoms with Crippen LogP contribution in [0.2, 0.25) is 0 Å². The maximum absolute atomic E-state index is 12.4. The zero-order valence-electron chi connectivity index (χ0n) is 12.0. The molecule has 0 spiro atoms. The third-order valence-corrected chi connectivity index (χ3v) is 4.02. The summed E-state index contributed by atoms with van der Waals surface area (Å²) < 4.78 is 0. The van der Waals surface area contributed by atoms with Gasteiger partial charge in [-0.1, -0.05) is 0 Å². The van der Waals surface area contributed by atoms with Crippen LogP contribution in [0.4, 0.5) is 0 Å². The third kappa shape index (κ3) is 3.06. The highest BCUT2D eigenvalue weighted by Crippen LogP contribution is 2.17. The van der Waals surface area contributed by atoms with Gasteiger partial charge in [0, 0.05) is 50.5 Å². The number of nitrogens with zero attached hydrogens (tertiary/aromatic N) is 3. The van der Waals surface area contributed by atoms with Gasteiger partial charge in [-0.3, -0.25) is 9.69 Å². The number of hydrogen-bond acceptors (Lipinski definition) is 4. The van der Waals surface area contributed by atoms with Crippen LogP contribution in [-0.2, 0) is 11.2 Å². The maximum atomic E-state index is 12.4. The van der Waals surface area contributed by atoms with Gasteiger partial charge in [-0.2, -0.15) is 0 Å². The Kier molecular flexibility index (Phi) is 4.17. The molecule has 1 fully saturated rings. The van der Waals surface area contributed by atoms with Gasteiger partial charge in [0.05, 0.1) is 13.0 Å². The third-order valence-electron chi connectivity index (χ3n) is 4.02. The molecule has 1 aliphatic heterocycles. The number of nitrogens with one attached hydrogen (secondary N) is 1. The van der Waals surface area contributed by atoms with Crippen LogP contribution >= 0.6 is 0 Å². The van der Waals surface area contributed by atoms with Crippen molar-refractivity contribution in [3.05, 3.63) is 30.1 Å². The van der Waals surface area contributed by atoms with Crippen molar-refractivity contribution >= 4 is 16.9 Å². The smallest absolute Gasteiger partial charge is 0.227 e. The first-order valence-corrected chi connectivity index (χ1v) is 7.30. The second-order valence-corrected chi connectivity index (χ2v) is 5.34. The van der Waals surface area contributed by atoms with Crippen LogP contribution in [0.15, 0.2) is 24.5 Å². The Bertz CT molecular complexity index is 617. The number of aliphatic hydroxyl groups excluding tert-OH is 1. The Morgan fingerprint density at radius 1 is 1.33 bits per heavy atom. The molecule has 0 saturated carbocycles. The maximum Gasteiger partial charge on any atom is 0.227 e. The number of aromatic amines is 1. The first-order chi connectivity index (χ1) is 10.3. The SMILES string of the molecule is O=C(Cc1c[nH]c2ncccc12)N1CCN(CCO)CC1. The molecule has 0 aromatic carbocycles. The first kappa shape index (κ1) is 14.0. The van der Waals surface area contributed by atoms with E-state index in [1.54, 1.807) is 6.20 Å². The van der Waals surface area contributed by atoms with Crippen LogP contribution in [0.1, 0.15) is 5.56 Å². The van der Waals surface area contributed by atoms with Crippen LogP contribution in [0.5, 0.6) is 0 Å². The molecule has 21 heavy (non-hydrogen) atoms. The van der Waals surface area contributed by atoms with Crippen molar-refractivity contribution in [1.82, 2.24) is 19.8 Å². The number of piperazine rings is 1. The van der Waals surface area contributed by atoms with E-state index in [4.69, 9.17) is 5.11 Å². The fraction of sp³-hybridized carbons (Fsp3) is 0.467. The van der Waals surface area contributed by atoms with Gasteiger partial charge in [0.1, 0.15) is 5.65 Å². The topological polar surface area (TPSA) is 72.5 Å². The lowest BCUT2D eigenvalue weighted by atomic mass is 10.1. The van der Waals surface area contributed by atoms with E-state index in [9.17, 15) is 4.79 Å². The molecule has 2 N–H and O–H groups in total. The number of hydrogen-bond donors (Lipinski definition) is 2. The monoisotopic (exact) mass is 288 g/mol. The molecule has 112 valence electrons. The summed E-state index contributed by atoms with van der Waals surface area (Å²) in [4.78, 5) is 23.8. The molecular formula is C15H20N4O2. The van der Waals surface area contributed by atoms with Crippen LogP contribution in [0, 0.1) is 0 Å². The van der Waals surface area contributed by atoms with E-state index >= 15 is 0 Å². The van der Waals surface area contributed by atoms with Crippen molar-refractivity contribution in [3.63, 3.8) is 0 Å². The van der Waals surface area contributed by atoms with Gasteiger partial charge in [0.15, 0.2) is 0 Å². The molecular weight excluding hydrogens is 268 g/mol. The molecule has 0 radical (unpaired) electrons. The number of aliphatic hydroxyl groups is 1. The summed E-state index contributed by atoms with van der Waals surface area (Å²) in [6, 6.07) is 3.87. The van der Waals surface area contributed by atoms with E-state index in [1.165, 1.54) is 0 Å². The van der Waals surface area contributed by atoms with E-state index in [2.05, 4.69) is 14.9 Å². The van der Waals surface area contributed by atoms with Gasteiger partial charge in [-0.25, -0.2) is 4.98 Å². The highest BCUT2D eigenvalue weighted by molar-refractivity contribution is 5.87. The molecule has 0 atom stereocenters. The molecule has 1 aliphatic rings. The molecule has 0 bridgehead atoms. The number of H-pyrrole nitrogens is 1. The van der Waals surface area contributed by atoms with Crippen molar-refractivity contribution in [1.29, 1.82) is 0 Å². The van der Waals surface area contributed by atoms with Crippen molar-refractivity contribution < 1.29 is 9.90 Å². The average Bonchev–Trinajstić information content (AvgIpc) is 2.92. The second kappa shape index (κ2) is 6.24. The van der Waals surface area contributed by atoms with Gasteiger partial charge < -0.3 is 15.0 Å². The predicted octanol–water partition coefficient (Wildman–Crippen LogP) is 0.242. The molecule has 3 rings (SSSR count). The summed E-state index contributed by atoms with van der Waals surface area (Å²) in [5.74, 6) is 0.156. The largest absolute Gasteiger partial charge is 0.395 e. The number of pyridine rings is 1. The van der Waals surface area contributed by atoms with E-state index in [0.29, 0.717) is 13.0 Å². The van der Waals surface area contributed by atoms with Crippen molar-refractivity contribution in [3.8, 4) is 0 Å². The first-order valence-electron chi connectivity index (χ1n) is 7.30. The van der Waals surface area contributed by atoms with Crippen molar-refractivity contribution in [2.24, 2.45) is 0 Å². The lowest BCUT2D eigenvalue weighted by molar-refractivity contribution is -0.132. The van der Waals surface area contributed by atoms with Crippen molar-refractivity contribution in [2.75, 3.05) is 39.3 Å². The summed E-state index contributed by atoms with van der Waals surface area (Å²) >= 11 is 0. The summed E-state index contributed by atoms with van der Waals surface area (Å²) in [6.45, 7) is 4.01. The van der Waals surface area contributed by atoms with Gasteiger partial charge in [-0.15, -0.1) is 0 Å². The number of amides is 1. The zero-order valence-corrected chi connectivity index (χ0v) is 12.0. The van der Waals surface area contributed by atoms with E-state index in [1.807, 2.05) is 23.2 Å². The van der Waals surface area contributed by atoms with E-state index < -0.39 is 0 Å². The predicted molar refractivity (Wildman–Crippen MR) is 79.9 cm³/mol. The Labute approximate surface area is 123 Å². The highest BCUT2D eigenvalue weighted by Gasteiger charge is 2.21. The Balaban J connectivity index is 1.62. The minimum absolute atomic E-state index is 0.156. The number of β-amino-alcohol motifs (C(OH)–C–C–N with tert-alkyl or cyclic N) is 1. The van der Waals surface area contributed by atoms with Gasteiger partial charge in [0.25, 0.3) is 0 Å². The number of aromatic nitrogens is 2. The average molecular weight is 288 g/mol. The van der Waals surface area contributed by atoms with Crippen LogP contribution < -0.4 is 0 Å². The molecule has 2 aromatic heterocycles. The lowest BCUT2D eigenvalue weighted by Gasteiger charge is -2.34. The fourth-order valence-corrected chi connectivity index (χ4v) is 2.80.